The highest BCUT2D eigenvalue weighted by atomic mass is 35.5. The van der Waals surface area contributed by atoms with Crippen LogP contribution in [0.1, 0.15) is 43.0 Å². The van der Waals surface area contributed by atoms with E-state index >= 15 is 0 Å². The molecule has 1 aliphatic carbocycles. The number of nitro benzene ring substituents is 1. The van der Waals surface area contributed by atoms with Gasteiger partial charge in [-0.3, -0.25) is 14.9 Å². The number of halogens is 1. The Morgan fingerprint density at radius 1 is 1.38 bits per heavy atom. The molecule has 0 spiro atoms. The van der Waals surface area contributed by atoms with Crippen molar-refractivity contribution in [1.29, 1.82) is 0 Å². The first kappa shape index (κ1) is 18.2. The zero-order valence-corrected chi connectivity index (χ0v) is 14.0. The van der Waals surface area contributed by atoms with Gasteiger partial charge in [0.15, 0.2) is 6.61 Å². The molecule has 0 heterocycles. The van der Waals surface area contributed by atoms with Crippen LogP contribution in [-0.2, 0) is 9.53 Å². The van der Waals surface area contributed by atoms with Gasteiger partial charge in [0.05, 0.1) is 15.5 Å². The quantitative estimate of drug-likeness (QED) is 0.497. The second kappa shape index (κ2) is 8.10. The highest BCUT2D eigenvalue weighted by Gasteiger charge is 2.24. The molecule has 1 saturated carbocycles. The molecule has 8 heteroatoms. The fraction of sp³-hybridized carbons (Fsp3) is 0.500. The Balaban J connectivity index is 1.91. The Labute approximate surface area is 144 Å². The molecular weight excluding hydrogens is 336 g/mol. The van der Waals surface area contributed by atoms with Gasteiger partial charge in [-0.15, -0.1) is 0 Å². The van der Waals surface area contributed by atoms with E-state index in [9.17, 15) is 19.7 Å². The van der Waals surface area contributed by atoms with Crippen molar-refractivity contribution in [2.45, 2.75) is 38.6 Å². The molecule has 0 aromatic heterocycles. The zero-order valence-electron chi connectivity index (χ0n) is 13.3. The Morgan fingerprint density at radius 2 is 2.08 bits per heavy atom. The molecule has 2 atom stereocenters. The van der Waals surface area contributed by atoms with E-state index < -0.39 is 17.5 Å². The molecule has 7 nitrogen and oxygen atoms in total. The van der Waals surface area contributed by atoms with Gasteiger partial charge >= 0.3 is 5.97 Å². The summed E-state index contributed by atoms with van der Waals surface area (Å²) in [5.74, 6) is -0.858. The molecule has 1 amide bonds. The average Bonchev–Trinajstić information content (AvgIpc) is 2.55. The lowest BCUT2D eigenvalue weighted by Crippen LogP contribution is -2.42. The number of rotatable bonds is 5. The number of ether oxygens (including phenoxy) is 1. The highest BCUT2D eigenvalue weighted by Crippen LogP contribution is 2.24. The van der Waals surface area contributed by atoms with Gasteiger partial charge in [-0.05, 0) is 24.8 Å². The van der Waals surface area contributed by atoms with Gasteiger partial charge in [-0.25, -0.2) is 4.79 Å². The number of amides is 1. The van der Waals surface area contributed by atoms with Crippen molar-refractivity contribution in [3.63, 3.8) is 0 Å². The van der Waals surface area contributed by atoms with Crippen LogP contribution in [0.25, 0.3) is 0 Å². The van der Waals surface area contributed by atoms with Gasteiger partial charge in [0.2, 0.25) is 0 Å². The number of nitrogens with zero attached hydrogens (tertiary/aromatic N) is 1. The molecule has 1 aromatic rings. The minimum Gasteiger partial charge on any atom is -0.452 e. The van der Waals surface area contributed by atoms with E-state index in [1.807, 2.05) is 0 Å². The molecule has 0 bridgehead atoms. The van der Waals surface area contributed by atoms with E-state index in [2.05, 4.69) is 12.2 Å². The van der Waals surface area contributed by atoms with Gasteiger partial charge in [0.1, 0.15) is 0 Å². The molecule has 2 rings (SSSR count). The number of hydrogen-bond donors (Lipinski definition) is 1. The monoisotopic (exact) mass is 354 g/mol. The number of carbonyl (C=O) groups excluding carboxylic acids is 2. The molecule has 1 aliphatic rings. The lowest BCUT2D eigenvalue weighted by atomic mass is 9.86. The lowest BCUT2D eigenvalue weighted by Gasteiger charge is -2.29. The molecule has 1 fully saturated rings. The van der Waals surface area contributed by atoms with Crippen LogP contribution in [0.3, 0.4) is 0 Å². The van der Waals surface area contributed by atoms with E-state index in [1.165, 1.54) is 12.1 Å². The maximum Gasteiger partial charge on any atom is 0.340 e. The van der Waals surface area contributed by atoms with Crippen molar-refractivity contribution in [1.82, 2.24) is 5.32 Å². The first-order chi connectivity index (χ1) is 11.4. The number of non-ortho nitro benzene ring substituents is 1. The summed E-state index contributed by atoms with van der Waals surface area (Å²) in [6.45, 7) is 1.64. The van der Waals surface area contributed by atoms with Crippen LogP contribution in [-0.4, -0.2) is 29.4 Å². The summed E-state index contributed by atoms with van der Waals surface area (Å²) in [6, 6.07) is 3.56. The number of esters is 1. The first-order valence-corrected chi connectivity index (χ1v) is 8.16. The first-order valence-electron chi connectivity index (χ1n) is 7.79. The van der Waals surface area contributed by atoms with Crippen molar-refractivity contribution >= 4 is 29.2 Å². The van der Waals surface area contributed by atoms with Gasteiger partial charge in [-0.2, -0.15) is 0 Å². The minimum absolute atomic E-state index is 0.0342. The van der Waals surface area contributed by atoms with Crippen LogP contribution in [0.5, 0.6) is 0 Å². The van der Waals surface area contributed by atoms with Gasteiger partial charge in [0.25, 0.3) is 11.6 Å². The summed E-state index contributed by atoms with van der Waals surface area (Å²) < 4.78 is 4.92. The van der Waals surface area contributed by atoms with Gasteiger partial charge in [-0.1, -0.05) is 31.4 Å². The molecule has 130 valence electrons. The summed E-state index contributed by atoms with van der Waals surface area (Å²) in [7, 11) is 0. The molecule has 1 N–H and O–H groups in total. The number of nitro groups is 1. The number of nitrogens with one attached hydrogen (secondary N) is 1. The maximum absolute atomic E-state index is 12.0. The van der Waals surface area contributed by atoms with Crippen LogP contribution in [0.4, 0.5) is 5.69 Å². The number of carbonyl (C=O) groups is 2. The van der Waals surface area contributed by atoms with Crippen LogP contribution in [0, 0.1) is 16.0 Å². The van der Waals surface area contributed by atoms with Gasteiger partial charge < -0.3 is 10.1 Å². The summed E-state index contributed by atoms with van der Waals surface area (Å²) >= 11 is 5.86. The second-order valence-corrected chi connectivity index (χ2v) is 6.34. The zero-order chi connectivity index (χ0) is 17.7. The fourth-order valence-corrected chi connectivity index (χ4v) is 2.97. The largest absolute Gasteiger partial charge is 0.452 e. The van der Waals surface area contributed by atoms with Crippen LogP contribution >= 0.6 is 11.6 Å². The van der Waals surface area contributed by atoms with E-state index in [1.54, 1.807) is 0 Å². The van der Waals surface area contributed by atoms with Crippen molar-refractivity contribution in [2.75, 3.05) is 6.61 Å². The van der Waals surface area contributed by atoms with E-state index in [-0.39, 0.29) is 28.2 Å². The van der Waals surface area contributed by atoms with Crippen molar-refractivity contribution in [3.05, 3.63) is 38.9 Å². The van der Waals surface area contributed by atoms with E-state index in [4.69, 9.17) is 16.3 Å². The predicted molar refractivity (Wildman–Crippen MR) is 88.0 cm³/mol. The number of benzene rings is 1. The maximum atomic E-state index is 12.0. The van der Waals surface area contributed by atoms with E-state index in [0.29, 0.717) is 5.92 Å². The van der Waals surface area contributed by atoms with Gasteiger partial charge in [0, 0.05) is 18.2 Å². The van der Waals surface area contributed by atoms with Crippen molar-refractivity contribution < 1.29 is 19.2 Å². The summed E-state index contributed by atoms with van der Waals surface area (Å²) in [6.07, 6.45) is 4.21. The molecule has 0 saturated heterocycles. The minimum atomic E-state index is -0.865. The van der Waals surface area contributed by atoms with Crippen LogP contribution in [0.2, 0.25) is 5.02 Å². The van der Waals surface area contributed by atoms with Crippen LogP contribution in [0.15, 0.2) is 18.2 Å². The standard InChI is InChI=1S/C16H19ClN2O5/c1-10-4-2-3-5-14(10)18-15(20)9-24-16(21)12-8-11(19(22)23)6-7-13(12)17/h6-8,10,14H,2-5,9H2,1H3,(H,18,20)/t10-,14-/m1/s1. The predicted octanol–water partition coefficient (Wildman–Crippen LogP) is 3.10. The molecule has 1 aromatic carbocycles. The normalized spacial score (nSPS) is 20.2. The topological polar surface area (TPSA) is 98.5 Å². The highest BCUT2D eigenvalue weighted by molar-refractivity contribution is 6.33. The third-order valence-corrected chi connectivity index (χ3v) is 4.50. The molecule has 0 aliphatic heterocycles. The lowest BCUT2D eigenvalue weighted by molar-refractivity contribution is -0.384. The third-order valence-electron chi connectivity index (χ3n) is 4.17. The third kappa shape index (κ3) is 4.67. The Bertz CT molecular complexity index is 649. The Morgan fingerprint density at radius 3 is 2.75 bits per heavy atom. The van der Waals surface area contributed by atoms with Crippen molar-refractivity contribution in [2.24, 2.45) is 5.92 Å². The van der Waals surface area contributed by atoms with E-state index in [0.717, 1.165) is 31.7 Å². The van der Waals surface area contributed by atoms with Crippen LogP contribution < -0.4 is 5.32 Å². The molecular formula is C16H19ClN2O5. The summed E-state index contributed by atoms with van der Waals surface area (Å²) in [5.41, 5.74) is -0.406. The Hall–Kier alpha value is -2.15. The SMILES string of the molecule is C[C@@H]1CCCC[C@H]1NC(=O)COC(=O)c1cc([N+](=O)[O-])ccc1Cl. The fourth-order valence-electron chi connectivity index (χ4n) is 2.77. The van der Waals surface area contributed by atoms with Crippen molar-refractivity contribution in [3.8, 4) is 0 Å². The summed E-state index contributed by atoms with van der Waals surface area (Å²) in [4.78, 5) is 34.0. The smallest absolute Gasteiger partial charge is 0.340 e. The molecule has 0 unspecified atom stereocenters. The Kier molecular flexibility index (Phi) is 6.14. The second-order valence-electron chi connectivity index (χ2n) is 5.93. The number of hydrogen-bond acceptors (Lipinski definition) is 5. The molecule has 0 radical (unpaired) electrons. The summed E-state index contributed by atoms with van der Waals surface area (Å²) in [5, 5.41) is 13.6. The molecule has 24 heavy (non-hydrogen) atoms. The average molecular weight is 355 g/mol.